The Morgan fingerprint density at radius 1 is 1.09 bits per heavy atom. The highest BCUT2D eigenvalue weighted by atomic mass is 35.5. The molecule has 1 amide bonds. The van der Waals surface area contributed by atoms with Crippen LogP contribution < -0.4 is 4.72 Å². The van der Waals surface area contributed by atoms with Gasteiger partial charge in [-0.2, -0.15) is 0 Å². The normalized spacial score (nSPS) is 14.7. The summed E-state index contributed by atoms with van der Waals surface area (Å²) in [6.45, 7) is 6.56. The molecular formula is C23H24ClFN2O4S. The van der Waals surface area contributed by atoms with Crippen molar-refractivity contribution in [3.05, 3.63) is 57.6 Å². The van der Waals surface area contributed by atoms with Gasteiger partial charge < -0.3 is 9.32 Å². The molecule has 170 valence electrons. The molecule has 3 aromatic rings. The number of hydrogen-bond donors (Lipinski definition) is 1. The molecular weight excluding hydrogens is 455 g/mol. The van der Waals surface area contributed by atoms with E-state index in [0.717, 1.165) is 37.0 Å². The summed E-state index contributed by atoms with van der Waals surface area (Å²) in [5.41, 5.74) is 2.01. The number of halogens is 2. The van der Waals surface area contributed by atoms with Gasteiger partial charge in [-0.3, -0.25) is 9.52 Å². The van der Waals surface area contributed by atoms with Gasteiger partial charge >= 0.3 is 0 Å². The SMILES string of the molecule is Cc1cc2c(C)c(C(=O)N3CCCCC3)oc2c(S(=O)(=O)Nc2ccc(F)cc2Cl)c1C. The zero-order valence-electron chi connectivity index (χ0n) is 18.1. The van der Waals surface area contributed by atoms with Crippen molar-refractivity contribution in [2.75, 3.05) is 17.8 Å². The fourth-order valence-corrected chi connectivity index (χ4v) is 5.88. The van der Waals surface area contributed by atoms with Crippen LogP contribution in [0.4, 0.5) is 10.1 Å². The number of hydrogen-bond acceptors (Lipinski definition) is 4. The first-order valence-electron chi connectivity index (χ1n) is 10.4. The number of furan rings is 1. The van der Waals surface area contributed by atoms with E-state index in [4.69, 9.17) is 16.0 Å². The standard InChI is InChI=1S/C23H24ClFN2O4S/c1-13-11-17-15(3)20(23(28)27-9-5-4-6-10-27)31-21(17)22(14(13)2)32(29,30)26-19-8-7-16(25)12-18(19)24/h7-8,11-12,26H,4-6,9-10H2,1-3H3. The second kappa shape index (κ2) is 8.41. The van der Waals surface area contributed by atoms with Gasteiger partial charge in [-0.25, -0.2) is 12.8 Å². The van der Waals surface area contributed by atoms with E-state index in [1.807, 2.05) is 6.07 Å². The molecule has 32 heavy (non-hydrogen) atoms. The molecule has 0 bridgehead atoms. The number of carbonyl (C=O) groups is 1. The molecule has 1 aliphatic heterocycles. The third-order valence-corrected chi connectivity index (χ3v) is 7.80. The van der Waals surface area contributed by atoms with Crippen LogP contribution in [0.15, 0.2) is 33.6 Å². The Balaban J connectivity index is 1.85. The first kappa shape index (κ1) is 22.6. The Morgan fingerprint density at radius 2 is 1.78 bits per heavy atom. The van der Waals surface area contributed by atoms with Gasteiger partial charge in [-0.05, 0) is 75.4 Å². The Labute approximate surface area is 191 Å². The lowest BCUT2D eigenvalue weighted by Crippen LogP contribution is -2.35. The predicted molar refractivity (Wildman–Crippen MR) is 122 cm³/mol. The average molecular weight is 479 g/mol. The van der Waals surface area contributed by atoms with E-state index in [1.165, 1.54) is 6.07 Å². The van der Waals surface area contributed by atoms with Gasteiger partial charge in [0.2, 0.25) is 0 Å². The van der Waals surface area contributed by atoms with Crippen LogP contribution in [0.2, 0.25) is 5.02 Å². The molecule has 6 nitrogen and oxygen atoms in total. The highest BCUT2D eigenvalue weighted by Crippen LogP contribution is 2.37. The van der Waals surface area contributed by atoms with E-state index in [0.29, 0.717) is 29.6 Å². The van der Waals surface area contributed by atoms with Crippen LogP contribution in [0.3, 0.4) is 0 Å². The molecule has 2 heterocycles. The summed E-state index contributed by atoms with van der Waals surface area (Å²) in [6, 6.07) is 5.25. The lowest BCUT2D eigenvalue weighted by molar-refractivity contribution is 0.0693. The van der Waals surface area contributed by atoms with Crippen molar-refractivity contribution in [1.82, 2.24) is 4.90 Å². The second-order valence-corrected chi connectivity index (χ2v) is 10.2. The minimum absolute atomic E-state index is 0.0509. The zero-order valence-corrected chi connectivity index (χ0v) is 19.7. The van der Waals surface area contributed by atoms with Gasteiger partial charge in [0.1, 0.15) is 10.7 Å². The predicted octanol–water partition coefficient (Wildman–Crippen LogP) is 5.58. The van der Waals surface area contributed by atoms with E-state index >= 15 is 0 Å². The van der Waals surface area contributed by atoms with Crippen LogP contribution in [-0.4, -0.2) is 32.3 Å². The summed E-state index contributed by atoms with van der Waals surface area (Å²) in [5, 5.41) is 0.505. The molecule has 1 fully saturated rings. The van der Waals surface area contributed by atoms with Crippen molar-refractivity contribution in [1.29, 1.82) is 0 Å². The monoisotopic (exact) mass is 478 g/mol. The van der Waals surface area contributed by atoms with Gasteiger partial charge in [-0.15, -0.1) is 0 Å². The number of aryl methyl sites for hydroxylation is 2. The quantitative estimate of drug-likeness (QED) is 0.531. The lowest BCUT2D eigenvalue weighted by atomic mass is 10.0. The van der Waals surface area contributed by atoms with Crippen LogP contribution in [0.5, 0.6) is 0 Å². The minimum Gasteiger partial charge on any atom is -0.449 e. The molecule has 0 atom stereocenters. The number of nitrogens with one attached hydrogen (secondary N) is 1. The Bertz CT molecular complexity index is 1330. The van der Waals surface area contributed by atoms with Gasteiger partial charge in [-0.1, -0.05) is 11.6 Å². The van der Waals surface area contributed by atoms with Crippen LogP contribution in [0, 0.1) is 26.6 Å². The van der Waals surface area contributed by atoms with Crippen molar-refractivity contribution in [2.24, 2.45) is 0 Å². The van der Waals surface area contributed by atoms with Crippen molar-refractivity contribution < 1.29 is 22.0 Å². The number of likely N-dealkylation sites (tertiary alicyclic amines) is 1. The summed E-state index contributed by atoms with van der Waals surface area (Å²) in [5.74, 6) is -0.649. The lowest BCUT2D eigenvalue weighted by Gasteiger charge is -2.25. The van der Waals surface area contributed by atoms with Crippen molar-refractivity contribution in [3.63, 3.8) is 0 Å². The van der Waals surface area contributed by atoms with Crippen LogP contribution in [0.1, 0.15) is 46.5 Å². The number of sulfonamides is 1. The maximum Gasteiger partial charge on any atom is 0.289 e. The van der Waals surface area contributed by atoms with E-state index in [-0.39, 0.29) is 32.9 Å². The molecule has 1 aromatic heterocycles. The fraction of sp³-hybridized carbons (Fsp3) is 0.348. The smallest absolute Gasteiger partial charge is 0.289 e. The number of benzene rings is 2. The number of amides is 1. The van der Waals surface area contributed by atoms with E-state index in [1.54, 1.807) is 25.7 Å². The highest BCUT2D eigenvalue weighted by Gasteiger charge is 2.30. The molecule has 9 heteroatoms. The molecule has 0 spiro atoms. The average Bonchev–Trinajstić information content (AvgIpc) is 3.06. The Kier molecular flexibility index (Phi) is 5.94. The van der Waals surface area contributed by atoms with Crippen molar-refractivity contribution in [3.8, 4) is 0 Å². The van der Waals surface area contributed by atoms with E-state index in [9.17, 15) is 17.6 Å². The van der Waals surface area contributed by atoms with Gasteiger partial charge in [0.25, 0.3) is 15.9 Å². The first-order chi connectivity index (χ1) is 15.1. The van der Waals surface area contributed by atoms with Gasteiger partial charge in [0.15, 0.2) is 11.3 Å². The van der Waals surface area contributed by atoms with Crippen molar-refractivity contribution >= 4 is 44.2 Å². The number of piperidine rings is 1. The topological polar surface area (TPSA) is 79.6 Å². The minimum atomic E-state index is -4.16. The first-order valence-corrected chi connectivity index (χ1v) is 12.3. The van der Waals surface area contributed by atoms with Crippen LogP contribution >= 0.6 is 11.6 Å². The van der Waals surface area contributed by atoms with Crippen molar-refractivity contribution in [2.45, 2.75) is 44.9 Å². The van der Waals surface area contributed by atoms with Gasteiger partial charge in [0.05, 0.1) is 10.7 Å². The summed E-state index contributed by atoms with van der Waals surface area (Å²) in [6.07, 6.45) is 2.96. The third kappa shape index (κ3) is 3.97. The molecule has 0 radical (unpaired) electrons. The maximum absolute atomic E-state index is 13.4. The van der Waals surface area contributed by atoms with Crippen LogP contribution in [0.25, 0.3) is 11.0 Å². The second-order valence-electron chi connectivity index (χ2n) is 8.16. The van der Waals surface area contributed by atoms with Crippen LogP contribution in [-0.2, 0) is 10.0 Å². The summed E-state index contributed by atoms with van der Waals surface area (Å²) >= 11 is 6.03. The highest BCUT2D eigenvalue weighted by molar-refractivity contribution is 7.93. The largest absolute Gasteiger partial charge is 0.449 e. The maximum atomic E-state index is 13.4. The number of carbonyl (C=O) groups excluding carboxylic acids is 1. The molecule has 1 saturated heterocycles. The molecule has 0 aliphatic carbocycles. The molecule has 4 rings (SSSR count). The number of rotatable bonds is 4. The van der Waals surface area contributed by atoms with E-state index in [2.05, 4.69) is 4.72 Å². The molecule has 0 unspecified atom stereocenters. The summed E-state index contributed by atoms with van der Waals surface area (Å²) < 4.78 is 48.6. The third-order valence-electron chi connectivity index (χ3n) is 5.97. The molecule has 1 N–H and O–H groups in total. The summed E-state index contributed by atoms with van der Waals surface area (Å²) in [7, 11) is -4.16. The Morgan fingerprint density at radius 3 is 2.44 bits per heavy atom. The zero-order chi connectivity index (χ0) is 23.2. The van der Waals surface area contributed by atoms with Gasteiger partial charge in [0, 0.05) is 24.0 Å². The summed E-state index contributed by atoms with van der Waals surface area (Å²) in [4.78, 5) is 14.8. The van der Waals surface area contributed by atoms with E-state index < -0.39 is 15.8 Å². The molecule has 2 aromatic carbocycles. The fourth-order valence-electron chi connectivity index (χ4n) is 4.08. The Hall–Kier alpha value is -2.58. The number of nitrogens with zero attached hydrogens (tertiary/aromatic N) is 1. The number of anilines is 1. The molecule has 1 aliphatic rings. The number of fused-ring (bicyclic) bond motifs is 1. The molecule has 0 saturated carbocycles.